The minimum atomic E-state index is -1.26. The van der Waals surface area contributed by atoms with Crippen LogP contribution >= 0.6 is 0 Å². The molecular weight excluding hydrogens is 501 g/mol. The van der Waals surface area contributed by atoms with Crippen molar-refractivity contribution in [1.29, 1.82) is 0 Å². The number of aliphatic imine (C=N–C) groups is 1. The Bertz CT molecular complexity index is 1600. The zero-order valence-corrected chi connectivity index (χ0v) is 20.9. The van der Waals surface area contributed by atoms with Gasteiger partial charge in [-0.1, -0.05) is 54.6 Å². The van der Waals surface area contributed by atoms with Crippen molar-refractivity contribution in [1.82, 2.24) is 15.1 Å². The molecule has 3 heterocycles. The number of nitrogens with zero attached hydrogens (tertiary/aromatic N) is 3. The maximum Gasteiger partial charge on any atom is 0.269 e. The third-order valence-corrected chi connectivity index (χ3v) is 6.50. The SMILES string of the molecule is Cc1ccc(Oc2c(C(=O)N[C@H]3N=C(c4ccccc4)c4ccccc4NC3=O)cnn2C2CCO2)c(F)c1. The van der Waals surface area contributed by atoms with Crippen LogP contribution in [0.5, 0.6) is 11.6 Å². The van der Waals surface area contributed by atoms with E-state index in [0.29, 0.717) is 24.4 Å². The van der Waals surface area contributed by atoms with E-state index in [-0.39, 0.29) is 17.2 Å². The van der Waals surface area contributed by atoms with E-state index in [2.05, 4.69) is 20.7 Å². The maximum absolute atomic E-state index is 14.6. The molecule has 9 nitrogen and oxygen atoms in total. The lowest BCUT2D eigenvalue weighted by Crippen LogP contribution is -2.42. The van der Waals surface area contributed by atoms with Crippen LogP contribution in [0.2, 0.25) is 0 Å². The first-order valence-corrected chi connectivity index (χ1v) is 12.5. The number of aryl methyl sites for hydroxylation is 1. The van der Waals surface area contributed by atoms with Gasteiger partial charge in [0.2, 0.25) is 12.0 Å². The van der Waals surface area contributed by atoms with Gasteiger partial charge in [0.25, 0.3) is 11.8 Å². The number of halogens is 1. The molecule has 1 saturated heterocycles. The second kappa shape index (κ2) is 10.1. The second-order valence-electron chi connectivity index (χ2n) is 9.21. The number of para-hydroxylation sites is 1. The summed E-state index contributed by atoms with van der Waals surface area (Å²) in [4.78, 5) is 31.4. The molecule has 2 aliphatic rings. The van der Waals surface area contributed by atoms with E-state index < -0.39 is 30.0 Å². The van der Waals surface area contributed by atoms with Crippen LogP contribution in [0.3, 0.4) is 0 Å². The molecule has 3 aromatic carbocycles. The van der Waals surface area contributed by atoms with Crippen molar-refractivity contribution in [2.75, 3.05) is 11.9 Å². The lowest BCUT2D eigenvalue weighted by molar-refractivity contribution is -0.117. The topological polar surface area (TPSA) is 107 Å². The number of benzene rings is 3. The monoisotopic (exact) mass is 525 g/mol. The van der Waals surface area contributed by atoms with Gasteiger partial charge in [-0.25, -0.2) is 14.1 Å². The van der Waals surface area contributed by atoms with Crippen LogP contribution < -0.4 is 15.4 Å². The van der Waals surface area contributed by atoms with E-state index in [9.17, 15) is 14.0 Å². The fourth-order valence-corrected chi connectivity index (χ4v) is 4.41. The third-order valence-electron chi connectivity index (χ3n) is 6.50. The number of hydrogen-bond acceptors (Lipinski definition) is 6. The molecule has 196 valence electrons. The summed E-state index contributed by atoms with van der Waals surface area (Å²) in [5.41, 5.74) is 3.37. The van der Waals surface area contributed by atoms with Crippen LogP contribution in [-0.4, -0.2) is 40.1 Å². The molecule has 10 heteroatoms. The Morgan fingerprint density at radius 3 is 2.64 bits per heavy atom. The standard InChI is InChI=1S/C29H24FN5O4/c1-17-11-12-23(21(30)15-17)39-29-20(16-31-35(29)24-13-14-38-24)27(36)34-26-28(37)32-22-10-6-5-9-19(22)25(33-26)18-7-3-2-4-8-18/h2-12,15-16,24,26H,13-14H2,1H3,(H,32,37)(H,34,36)/t24?,26-/m1/s1. The van der Waals surface area contributed by atoms with Gasteiger partial charge in [0.15, 0.2) is 17.8 Å². The van der Waals surface area contributed by atoms with Gasteiger partial charge in [0, 0.05) is 17.5 Å². The van der Waals surface area contributed by atoms with Crippen LogP contribution in [0, 0.1) is 12.7 Å². The summed E-state index contributed by atoms with van der Waals surface area (Å²) in [6.45, 7) is 2.29. The quantitative estimate of drug-likeness (QED) is 0.383. The van der Waals surface area contributed by atoms with E-state index in [1.165, 1.54) is 23.0 Å². The number of amides is 2. The highest BCUT2D eigenvalue weighted by atomic mass is 19.1. The average molecular weight is 526 g/mol. The molecule has 2 aliphatic heterocycles. The largest absolute Gasteiger partial charge is 0.435 e. The first-order valence-electron chi connectivity index (χ1n) is 12.5. The van der Waals surface area contributed by atoms with Gasteiger partial charge in [-0.3, -0.25) is 9.59 Å². The zero-order valence-electron chi connectivity index (χ0n) is 20.9. The van der Waals surface area contributed by atoms with Crippen molar-refractivity contribution in [3.8, 4) is 11.6 Å². The number of carbonyl (C=O) groups excluding carboxylic acids is 2. The summed E-state index contributed by atoms with van der Waals surface area (Å²) >= 11 is 0. The fourth-order valence-electron chi connectivity index (χ4n) is 4.41. The van der Waals surface area contributed by atoms with Crippen LogP contribution in [0.4, 0.5) is 10.1 Å². The normalized spacial score (nSPS) is 18.2. The Labute approximate surface area is 223 Å². The van der Waals surface area contributed by atoms with Gasteiger partial charge in [0.1, 0.15) is 5.56 Å². The number of ether oxygens (including phenoxy) is 2. The van der Waals surface area contributed by atoms with Gasteiger partial charge in [0.05, 0.1) is 24.2 Å². The van der Waals surface area contributed by atoms with E-state index in [4.69, 9.17) is 9.47 Å². The van der Waals surface area contributed by atoms with Crippen LogP contribution in [-0.2, 0) is 9.53 Å². The summed E-state index contributed by atoms with van der Waals surface area (Å²) in [7, 11) is 0. The van der Waals surface area contributed by atoms with E-state index in [0.717, 1.165) is 16.7 Å². The summed E-state index contributed by atoms with van der Waals surface area (Å²) in [5, 5.41) is 9.81. The lowest BCUT2D eigenvalue weighted by atomic mass is 10.0. The minimum Gasteiger partial charge on any atom is -0.435 e. The van der Waals surface area contributed by atoms with Crippen molar-refractivity contribution < 1.29 is 23.5 Å². The highest BCUT2D eigenvalue weighted by molar-refractivity contribution is 6.20. The lowest BCUT2D eigenvalue weighted by Gasteiger charge is -2.27. The first-order chi connectivity index (χ1) is 19.0. The smallest absolute Gasteiger partial charge is 0.269 e. The van der Waals surface area contributed by atoms with E-state index >= 15 is 0 Å². The Balaban J connectivity index is 1.35. The highest BCUT2D eigenvalue weighted by Crippen LogP contribution is 2.34. The summed E-state index contributed by atoms with van der Waals surface area (Å²) < 4.78 is 27.5. The highest BCUT2D eigenvalue weighted by Gasteiger charge is 2.32. The molecule has 0 bridgehead atoms. The number of nitrogens with one attached hydrogen (secondary N) is 2. The van der Waals surface area contributed by atoms with Gasteiger partial charge < -0.3 is 20.1 Å². The molecule has 0 aliphatic carbocycles. The van der Waals surface area contributed by atoms with Crippen LogP contribution in [0.15, 0.2) is 84.0 Å². The van der Waals surface area contributed by atoms with Crippen molar-refractivity contribution in [3.63, 3.8) is 0 Å². The van der Waals surface area contributed by atoms with Crippen molar-refractivity contribution in [2.45, 2.75) is 25.7 Å². The van der Waals surface area contributed by atoms with E-state index in [1.54, 1.807) is 19.1 Å². The molecule has 0 saturated carbocycles. The van der Waals surface area contributed by atoms with Crippen molar-refractivity contribution in [2.24, 2.45) is 4.99 Å². The summed E-state index contributed by atoms with van der Waals surface area (Å²) in [5.74, 6) is -1.82. The predicted molar refractivity (Wildman–Crippen MR) is 141 cm³/mol. The molecule has 2 N–H and O–H groups in total. The fraction of sp³-hybridized carbons (Fsp3) is 0.172. The molecule has 6 rings (SSSR count). The third kappa shape index (κ3) is 4.77. The van der Waals surface area contributed by atoms with Gasteiger partial charge in [-0.2, -0.15) is 5.10 Å². The number of benzodiazepines with no additional fused rings is 1. The van der Waals surface area contributed by atoms with Crippen LogP contribution in [0.1, 0.15) is 39.7 Å². The number of rotatable bonds is 6. The Morgan fingerprint density at radius 2 is 1.90 bits per heavy atom. The minimum absolute atomic E-state index is 0.00420. The number of hydrogen-bond donors (Lipinski definition) is 2. The van der Waals surface area contributed by atoms with Crippen molar-refractivity contribution >= 4 is 23.2 Å². The molecule has 1 fully saturated rings. The average Bonchev–Trinajstić information content (AvgIpc) is 3.24. The Kier molecular flexibility index (Phi) is 6.37. The second-order valence-corrected chi connectivity index (χ2v) is 9.21. The predicted octanol–water partition coefficient (Wildman–Crippen LogP) is 4.59. The number of anilines is 1. The molecule has 39 heavy (non-hydrogen) atoms. The molecule has 1 unspecified atom stereocenters. The number of fused-ring (bicyclic) bond motifs is 1. The van der Waals surface area contributed by atoms with Crippen molar-refractivity contribution in [3.05, 3.63) is 107 Å². The van der Waals surface area contributed by atoms with Gasteiger partial charge in [-0.05, 0) is 30.7 Å². The summed E-state index contributed by atoms with van der Waals surface area (Å²) in [6, 6.07) is 21.2. The molecule has 4 aromatic rings. The first kappa shape index (κ1) is 24.5. The van der Waals surface area contributed by atoms with Gasteiger partial charge >= 0.3 is 0 Å². The maximum atomic E-state index is 14.6. The van der Waals surface area contributed by atoms with Gasteiger partial charge in [-0.15, -0.1) is 0 Å². The molecular formula is C29H24FN5O4. The molecule has 2 amide bonds. The Morgan fingerprint density at radius 1 is 1.13 bits per heavy atom. The molecule has 1 aromatic heterocycles. The van der Waals surface area contributed by atoms with Crippen LogP contribution in [0.25, 0.3) is 0 Å². The zero-order chi connectivity index (χ0) is 26.9. The Hall–Kier alpha value is -4.83. The number of aromatic nitrogens is 2. The molecule has 0 spiro atoms. The number of carbonyl (C=O) groups is 2. The molecule has 0 radical (unpaired) electrons. The van der Waals surface area contributed by atoms with E-state index in [1.807, 2.05) is 48.5 Å². The molecule has 2 atom stereocenters. The summed E-state index contributed by atoms with van der Waals surface area (Å²) in [6.07, 6.45) is 0.258.